The first-order chi connectivity index (χ1) is 15.9. The average molecular weight is 445 g/mol. The molecule has 168 valence electrons. The van der Waals surface area contributed by atoms with Gasteiger partial charge in [0.15, 0.2) is 11.6 Å². The van der Waals surface area contributed by atoms with E-state index in [2.05, 4.69) is 18.0 Å². The molecule has 0 fully saturated rings. The highest BCUT2D eigenvalue weighted by Gasteiger charge is 2.35. The minimum absolute atomic E-state index is 0.117. The third-order valence-corrected chi connectivity index (χ3v) is 6.71. The first-order valence-corrected chi connectivity index (χ1v) is 11.3. The molecule has 0 radical (unpaired) electrons. The van der Waals surface area contributed by atoms with Crippen LogP contribution in [-0.4, -0.2) is 24.5 Å². The Balaban J connectivity index is 1.70. The molecule has 0 saturated heterocycles. The molecule has 1 unspecified atom stereocenters. The van der Waals surface area contributed by atoms with Gasteiger partial charge in [0.1, 0.15) is 11.9 Å². The molecule has 2 atom stereocenters. The van der Waals surface area contributed by atoms with E-state index in [4.69, 9.17) is 20.7 Å². The smallest absolute Gasteiger partial charge is 0.166 e. The van der Waals surface area contributed by atoms with Gasteiger partial charge in [-0.1, -0.05) is 0 Å². The topological polar surface area (TPSA) is 83.8 Å². The molecule has 1 aliphatic heterocycles. The van der Waals surface area contributed by atoms with Crippen LogP contribution in [0.3, 0.4) is 0 Å². The Morgan fingerprint density at radius 3 is 2.88 bits per heavy atom. The van der Waals surface area contributed by atoms with Crippen LogP contribution in [0.5, 0.6) is 5.75 Å². The van der Waals surface area contributed by atoms with Crippen molar-refractivity contribution < 1.29 is 9.13 Å². The first-order valence-electron chi connectivity index (χ1n) is 11.3. The fraction of sp³-hybridized carbons (Fsp3) is 0.320. The van der Waals surface area contributed by atoms with Crippen molar-refractivity contribution in [3.8, 4) is 22.7 Å². The lowest BCUT2D eigenvalue weighted by Crippen LogP contribution is -2.15. The van der Waals surface area contributed by atoms with Gasteiger partial charge in [0.2, 0.25) is 0 Å². The SMILES string of the molecule is CCn1nc2c3c1-c1cnc(N)c(c1)O[C@H](C)c1cc(F)ccc1-n1nc(C)cc1C3CC2. The van der Waals surface area contributed by atoms with E-state index in [0.29, 0.717) is 17.1 Å². The van der Waals surface area contributed by atoms with Crippen molar-refractivity contribution in [2.24, 2.45) is 0 Å². The Morgan fingerprint density at radius 2 is 2.06 bits per heavy atom. The van der Waals surface area contributed by atoms with E-state index in [-0.39, 0.29) is 11.7 Å². The number of nitrogens with two attached hydrogens (primary N) is 1. The van der Waals surface area contributed by atoms with Crippen LogP contribution in [0, 0.1) is 12.7 Å². The predicted molar refractivity (Wildman–Crippen MR) is 123 cm³/mol. The van der Waals surface area contributed by atoms with E-state index in [1.54, 1.807) is 12.3 Å². The summed E-state index contributed by atoms with van der Waals surface area (Å²) in [7, 11) is 0. The molecule has 1 aliphatic carbocycles. The number of halogens is 1. The molecule has 4 heterocycles. The Labute approximate surface area is 191 Å². The number of pyridine rings is 1. The van der Waals surface area contributed by atoms with Gasteiger partial charge in [0.25, 0.3) is 0 Å². The van der Waals surface area contributed by atoms with Gasteiger partial charge in [-0.25, -0.2) is 14.1 Å². The molecule has 0 saturated carbocycles. The number of hydrogen-bond donors (Lipinski definition) is 1. The lowest BCUT2D eigenvalue weighted by atomic mass is 9.94. The molecular weight excluding hydrogens is 419 g/mol. The van der Waals surface area contributed by atoms with Crippen molar-refractivity contribution in [1.82, 2.24) is 24.5 Å². The van der Waals surface area contributed by atoms with Crippen LogP contribution in [0.25, 0.3) is 16.9 Å². The lowest BCUT2D eigenvalue weighted by Gasteiger charge is -2.23. The van der Waals surface area contributed by atoms with Crippen LogP contribution in [-0.2, 0) is 13.0 Å². The van der Waals surface area contributed by atoms with Gasteiger partial charge in [-0.3, -0.25) is 4.68 Å². The number of hydrogen-bond acceptors (Lipinski definition) is 5. The molecular formula is C25H25FN6O. The molecule has 33 heavy (non-hydrogen) atoms. The molecule has 2 aliphatic rings. The zero-order chi connectivity index (χ0) is 22.9. The summed E-state index contributed by atoms with van der Waals surface area (Å²) in [6.45, 7) is 6.71. The van der Waals surface area contributed by atoms with E-state index in [1.165, 1.54) is 17.7 Å². The molecule has 3 aromatic heterocycles. The second-order valence-corrected chi connectivity index (χ2v) is 8.81. The minimum atomic E-state index is -0.471. The minimum Gasteiger partial charge on any atom is -0.482 e. The van der Waals surface area contributed by atoms with E-state index in [1.807, 2.05) is 29.3 Å². The maximum atomic E-state index is 14.4. The number of ether oxygens (including phenoxy) is 1. The summed E-state index contributed by atoms with van der Waals surface area (Å²) < 4.78 is 24.6. The molecule has 1 aromatic carbocycles. The number of fused-ring (bicyclic) bond motifs is 7. The number of benzene rings is 1. The Morgan fingerprint density at radius 1 is 1.21 bits per heavy atom. The van der Waals surface area contributed by atoms with Gasteiger partial charge in [-0.2, -0.15) is 10.2 Å². The van der Waals surface area contributed by atoms with Gasteiger partial charge < -0.3 is 10.5 Å². The number of nitrogen functional groups attached to an aromatic ring is 1. The normalized spacial score (nSPS) is 18.5. The average Bonchev–Trinajstić information content (AvgIpc) is 3.47. The highest BCUT2D eigenvalue weighted by atomic mass is 19.1. The fourth-order valence-electron chi connectivity index (χ4n) is 5.27. The molecule has 4 aromatic rings. The largest absolute Gasteiger partial charge is 0.482 e. The summed E-state index contributed by atoms with van der Waals surface area (Å²) in [5, 5.41) is 9.75. The number of aryl methyl sites for hydroxylation is 3. The van der Waals surface area contributed by atoms with E-state index >= 15 is 0 Å². The van der Waals surface area contributed by atoms with Gasteiger partial charge in [-0.05, 0) is 63.9 Å². The van der Waals surface area contributed by atoms with Crippen LogP contribution in [0.15, 0.2) is 36.5 Å². The molecule has 0 amide bonds. The molecule has 2 bridgehead atoms. The fourth-order valence-corrected chi connectivity index (χ4v) is 5.27. The highest BCUT2D eigenvalue weighted by Crippen LogP contribution is 2.46. The summed E-state index contributed by atoms with van der Waals surface area (Å²) in [6, 6.07) is 8.82. The number of anilines is 1. The van der Waals surface area contributed by atoms with Gasteiger partial charge in [-0.15, -0.1) is 0 Å². The van der Waals surface area contributed by atoms with E-state index in [9.17, 15) is 4.39 Å². The first kappa shape index (κ1) is 20.0. The van der Waals surface area contributed by atoms with E-state index in [0.717, 1.165) is 53.4 Å². The maximum Gasteiger partial charge on any atom is 0.166 e. The quantitative estimate of drug-likeness (QED) is 0.460. The summed E-state index contributed by atoms with van der Waals surface area (Å²) in [4.78, 5) is 4.43. The predicted octanol–water partition coefficient (Wildman–Crippen LogP) is 4.71. The van der Waals surface area contributed by atoms with Crippen molar-refractivity contribution in [3.63, 3.8) is 0 Å². The summed E-state index contributed by atoms with van der Waals surface area (Å²) in [6.07, 6.45) is 3.15. The van der Waals surface area contributed by atoms with Crippen LogP contribution < -0.4 is 10.5 Å². The summed E-state index contributed by atoms with van der Waals surface area (Å²) in [5.74, 6) is 0.564. The van der Waals surface area contributed by atoms with Crippen LogP contribution in [0.1, 0.15) is 60.5 Å². The Kier molecular flexibility index (Phi) is 4.33. The van der Waals surface area contributed by atoms with Crippen molar-refractivity contribution in [1.29, 1.82) is 0 Å². The lowest BCUT2D eigenvalue weighted by molar-refractivity contribution is 0.226. The van der Waals surface area contributed by atoms with Crippen molar-refractivity contribution >= 4 is 5.82 Å². The van der Waals surface area contributed by atoms with Gasteiger partial charge >= 0.3 is 0 Å². The zero-order valence-electron chi connectivity index (χ0n) is 18.8. The third-order valence-electron chi connectivity index (χ3n) is 6.71. The molecule has 7 nitrogen and oxygen atoms in total. The van der Waals surface area contributed by atoms with E-state index < -0.39 is 6.10 Å². The molecule has 8 heteroatoms. The van der Waals surface area contributed by atoms with Gasteiger partial charge in [0, 0.05) is 35.3 Å². The molecule has 2 N–H and O–H groups in total. The summed E-state index contributed by atoms with van der Waals surface area (Å²) in [5.41, 5.74) is 13.9. The number of aromatic nitrogens is 5. The second-order valence-electron chi connectivity index (χ2n) is 8.81. The van der Waals surface area contributed by atoms with Crippen molar-refractivity contribution in [2.45, 2.75) is 52.2 Å². The highest BCUT2D eigenvalue weighted by molar-refractivity contribution is 5.70. The third kappa shape index (κ3) is 2.97. The van der Waals surface area contributed by atoms with Crippen LogP contribution in [0.4, 0.5) is 10.2 Å². The van der Waals surface area contributed by atoms with Crippen molar-refractivity contribution in [3.05, 3.63) is 70.6 Å². The van der Waals surface area contributed by atoms with Crippen LogP contribution >= 0.6 is 0 Å². The van der Waals surface area contributed by atoms with Crippen molar-refractivity contribution in [2.75, 3.05) is 5.73 Å². The Hall–Kier alpha value is -3.68. The molecule has 6 rings (SSSR count). The maximum absolute atomic E-state index is 14.4. The number of nitrogens with zero attached hydrogens (tertiary/aromatic N) is 5. The standard InChI is InChI=1S/C25H25FN6O/c1-4-31-24-15-10-22(25(27)28-12-15)33-14(3)18-11-16(26)5-8-20(18)32-21(9-13(2)29-32)17-6-7-19(30-31)23(17)24/h5,8-12,14,17H,4,6-7H2,1-3H3,(H2,27,28)/t14-,17?/m1/s1. The van der Waals surface area contributed by atoms with Gasteiger partial charge in [0.05, 0.1) is 28.5 Å². The summed E-state index contributed by atoms with van der Waals surface area (Å²) >= 11 is 0. The zero-order valence-corrected chi connectivity index (χ0v) is 18.8. The monoisotopic (exact) mass is 444 g/mol. The second kappa shape index (κ2) is 7.16. The Bertz CT molecular complexity index is 1400. The number of rotatable bonds is 1. The molecule has 0 spiro atoms. The van der Waals surface area contributed by atoms with Crippen LogP contribution in [0.2, 0.25) is 0 Å².